The van der Waals surface area contributed by atoms with E-state index < -0.39 is 10.2 Å². The Morgan fingerprint density at radius 3 is 2.31 bits per heavy atom. The van der Waals surface area contributed by atoms with E-state index in [2.05, 4.69) is 20.7 Å². The molecule has 1 aliphatic carbocycles. The Morgan fingerprint density at radius 2 is 1.75 bits per heavy atom. The number of hydrogen-bond acceptors (Lipinski definition) is 2. The van der Waals surface area contributed by atoms with Gasteiger partial charge in [0.2, 0.25) is 0 Å². The minimum atomic E-state index is -3.25. The van der Waals surface area contributed by atoms with Crippen LogP contribution in [-0.4, -0.2) is 36.7 Å². The predicted octanol–water partition coefficient (Wildman–Crippen LogP) is 1.62. The maximum absolute atomic E-state index is 12.1. The summed E-state index contributed by atoms with van der Waals surface area (Å²) < 4.78 is 28.6. The van der Waals surface area contributed by atoms with Crippen molar-refractivity contribution >= 4 is 26.1 Å². The van der Waals surface area contributed by atoms with Gasteiger partial charge in [-0.3, -0.25) is 0 Å². The molecule has 1 saturated heterocycles. The first kappa shape index (κ1) is 12.8. The minimum Gasteiger partial charge on any atom is -0.198 e. The van der Waals surface area contributed by atoms with Crippen LogP contribution in [0.3, 0.4) is 0 Å². The Kier molecular flexibility index (Phi) is 4.26. The summed E-state index contributed by atoms with van der Waals surface area (Å²) in [5, 5.41) is 0. The topological polar surface area (TPSA) is 49.4 Å². The lowest BCUT2D eigenvalue weighted by Crippen LogP contribution is -2.48. The quantitative estimate of drug-likeness (QED) is 0.805. The van der Waals surface area contributed by atoms with Crippen molar-refractivity contribution in [3.8, 4) is 0 Å². The van der Waals surface area contributed by atoms with Crippen LogP contribution in [0.1, 0.15) is 38.5 Å². The van der Waals surface area contributed by atoms with Crippen molar-refractivity contribution in [3.63, 3.8) is 0 Å². The standard InChI is InChI=1S/C10H19BrN2O2S/c11-9-5-4-6-10(9)12-16(14,15)13-7-2-1-3-8-13/h9-10,12H,1-8H2. The number of nitrogens with one attached hydrogen (secondary N) is 1. The normalized spacial score (nSPS) is 33.1. The van der Waals surface area contributed by atoms with Crippen LogP contribution in [0.2, 0.25) is 0 Å². The van der Waals surface area contributed by atoms with Gasteiger partial charge in [-0.2, -0.15) is 17.4 Å². The fourth-order valence-corrected chi connectivity index (χ4v) is 4.87. The average molecular weight is 311 g/mol. The first-order valence-electron chi connectivity index (χ1n) is 6.01. The fourth-order valence-electron chi connectivity index (χ4n) is 2.42. The average Bonchev–Trinajstić information content (AvgIpc) is 2.65. The molecule has 1 heterocycles. The van der Waals surface area contributed by atoms with E-state index in [1.54, 1.807) is 4.31 Å². The summed E-state index contributed by atoms with van der Waals surface area (Å²) in [6.07, 6.45) is 6.24. The highest BCUT2D eigenvalue weighted by Crippen LogP contribution is 2.26. The largest absolute Gasteiger partial charge is 0.279 e. The molecule has 0 aromatic rings. The molecule has 1 N–H and O–H groups in total. The van der Waals surface area contributed by atoms with Crippen molar-refractivity contribution in [2.24, 2.45) is 0 Å². The molecule has 1 aliphatic heterocycles. The van der Waals surface area contributed by atoms with Crippen molar-refractivity contribution in [2.75, 3.05) is 13.1 Å². The molecule has 94 valence electrons. The van der Waals surface area contributed by atoms with Crippen molar-refractivity contribution in [3.05, 3.63) is 0 Å². The van der Waals surface area contributed by atoms with E-state index in [0.29, 0.717) is 17.9 Å². The smallest absolute Gasteiger partial charge is 0.198 e. The lowest BCUT2D eigenvalue weighted by Gasteiger charge is -2.28. The van der Waals surface area contributed by atoms with E-state index in [-0.39, 0.29) is 6.04 Å². The fraction of sp³-hybridized carbons (Fsp3) is 1.00. The number of hydrogen-bond donors (Lipinski definition) is 1. The van der Waals surface area contributed by atoms with Crippen molar-refractivity contribution in [1.82, 2.24) is 9.03 Å². The van der Waals surface area contributed by atoms with Gasteiger partial charge in [0.05, 0.1) is 0 Å². The molecule has 0 aromatic carbocycles. The van der Waals surface area contributed by atoms with Crippen molar-refractivity contribution in [2.45, 2.75) is 49.4 Å². The number of alkyl halides is 1. The number of piperidine rings is 1. The van der Waals surface area contributed by atoms with Crippen LogP contribution >= 0.6 is 15.9 Å². The number of nitrogens with zero attached hydrogens (tertiary/aromatic N) is 1. The summed E-state index contributed by atoms with van der Waals surface area (Å²) in [7, 11) is -3.25. The third kappa shape index (κ3) is 2.97. The molecule has 2 rings (SSSR count). The van der Waals surface area contributed by atoms with Gasteiger partial charge in [-0.25, -0.2) is 0 Å². The van der Waals surface area contributed by atoms with Gasteiger partial charge < -0.3 is 0 Å². The molecule has 2 atom stereocenters. The minimum absolute atomic E-state index is 0.0759. The predicted molar refractivity (Wildman–Crippen MR) is 67.8 cm³/mol. The molecule has 0 spiro atoms. The number of halogens is 1. The summed E-state index contributed by atoms with van der Waals surface area (Å²) in [6, 6.07) is 0.0759. The van der Waals surface area contributed by atoms with Gasteiger partial charge in [-0.1, -0.05) is 28.8 Å². The highest BCUT2D eigenvalue weighted by molar-refractivity contribution is 9.09. The number of rotatable bonds is 3. The van der Waals surface area contributed by atoms with Crippen LogP contribution in [0.25, 0.3) is 0 Å². The van der Waals surface area contributed by atoms with E-state index in [9.17, 15) is 8.42 Å². The molecule has 6 heteroatoms. The second-order valence-corrected chi connectivity index (χ2v) is 7.51. The molecule has 0 aromatic heterocycles. The molecular weight excluding hydrogens is 292 g/mol. The first-order chi connectivity index (χ1) is 7.59. The molecule has 0 radical (unpaired) electrons. The summed E-state index contributed by atoms with van der Waals surface area (Å²) in [4.78, 5) is 0.298. The molecule has 1 saturated carbocycles. The summed E-state index contributed by atoms with van der Waals surface area (Å²) >= 11 is 3.54. The van der Waals surface area contributed by atoms with Crippen LogP contribution < -0.4 is 4.72 Å². The molecule has 16 heavy (non-hydrogen) atoms. The second kappa shape index (κ2) is 5.33. The molecule has 0 amide bonds. The lowest BCUT2D eigenvalue weighted by atomic mass is 10.2. The maximum Gasteiger partial charge on any atom is 0.279 e. The summed E-state index contributed by atoms with van der Waals surface area (Å²) in [6.45, 7) is 1.35. The Balaban J connectivity index is 1.96. The SMILES string of the molecule is O=S(=O)(NC1CCCC1Br)N1CCCCC1. The van der Waals surface area contributed by atoms with Crippen LogP contribution in [-0.2, 0) is 10.2 Å². The third-order valence-electron chi connectivity index (χ3n) is 3.39. The zero-order valence-corrected chi connectivity index (χ0v) is 11.8. The maximum atomic E-state index is 12.1. The highest BCUT2D eigenvalue weighted by atomic mass is 79.9. The Labute approximate surface area is 106 Å². The second-order valence-electron chi connectivity index (χ2n) is 4.64. The third-order valence-corrected chi connectivity index (χ3v) is 6.13. The van der Waals surface area contributed by atoms with E-state index in [1.165, 1.54) is 0 Å². The molecule has 2 unspecified atom stereocenters. The van der Waals surface area contributed by atoms with Gasteiger partial charge in [0.25, 0.3) is 10.2 Å². The van der Waals surface area contributed by atoms with Gasteiger partial charge in [-0.05, 0) is 25.7 Å². The van der Waals surface area contributed by atoms with Gasteiger partial charge in [0, 0.05) is 24.0 Å². The zero-order chi connectivity index (χ0) is 11.6. The molecule has 2 fully saturated rings. The van der Waals surface area contributed by atoms with Crippen molar-refractivity contribution in [1.29, 1.82) is 0 Å². The zero-order valence-electron chi connectivity index (χ0n) is 9.36. The van der Waals surface area contributed by atoms with E-state index in [1.807, 2.05) is 0 Å². The Bertz CT molecular complexity index is 328. The van der Waals surface area contributed by atoms with Crippen LogP contribution in [0.4, 0.5) is 0 Å². The van der Waals surface area contributed by atoms with Gasteiger partial charge in [0.15, 0.2) is 0 Å². The Morgan fingerprint density at radius 1 is 1.06 bits per heavy atom. The van der Waals surface area contributed by atoms with Crippen LogP contribution in [0, 0.1) is 0 Å². The lowest BCUT2D eigenvalue weighted by molar-refractivity contribution is 0.338. The summed E-state index contributed by atoms with van der Waals surface area (Å²) in [5.74, 6) is 0. The van der Waals surface area contributed by atoms with E-state index in [0.717, 1.165) is 38.5 Å². The summed E-state index contributed by atoms with van der Waals surface area (Å²) in [5.41, 5.74) is 0. The molecule has 0 bridgehead atoms. The molecule has 2 aliphatic rings. The van der Waals surface area contributed by atoms with Crippen molar-refractivity contribution < 1.29 is 8.42 Å². The highest BCUT2D eigenvalue weighted by Gasteiger charge is 2.32. The molecular formula is C10H19BrN2O2S. The Hall–Kier alpha value is 0.350. The van der Waals surface area contributed by atoms with Gasteiger partial charge in [-0.15, -0.1) is 0 Å². The van der Waals surface area contributed by atoms with Crippen LogP contribution in [0.5, 0.6) is 0 Å². The first-order valence-corrected chi connectivity index (χ1v) is 8.36. The van der Waals surface area contributed by atoms with Crippen LogP contribution in [0.15, 0.2) is 0 Å². The van der Waals surface area contributed by atoms with E-state index >= 15 is 0 Å². The van der Waals surface area contributed by atoms with E-state index in [4.69, 9.17) is 0 Å². The monoisotopic (exact) mass is 310 g/mol. The van der Waals surface area contributed by atoms with Gasteiger partial charge in [0.1, 0.15) is 0 Å². The van der Waals surface area contributed by atoms with Gasteiger partial charge >= 0.3 is 0 Å². The molecule has 4 nitrogen and oxygen atoms in total.